The summed E-state index contributed by atoms with van der Waals surface area (Å²) in [7, 11) is 0. The van der Waals surface area contributed by atoms with Crippen LogP contribution >= 0.6 is 15.9 Å². The summed E-state index contributed by atoms with van der Waals surface area (Å²) in [4.78, 5) is 17.8. The predicted octanol–water partition coefficient (Wildman–Crippen LogP) is 3.00. The van der Waals surface area contributed by atoms with Crippen molar-refractivity contribution in [2.24, 2.45) is 0 Å². The van der Waals surface area contributed by atoms with Crippen molar-refractivity contribution in [3.63, 3.8) is 0 Å². The van der Waals surface area contributed by atoms with Gasteiger partial charge >= 0.3 is 0 Å². The molecule has 1 amide bonds. The Balaban J connectivity index is 2.14. The number of halogens is 2. The lowest BCUT2D eigenvalue weighted by Gasteiger charge is -2.37. The van der Waals surface area contributed by atoms with Gasteiger partial charge in [-0.05, 0) is 31.7 Å². The van der Waals surface area contributed by atoms with Crippen LogP contribution in [0, 0.1) is 5.82 Å². The summed E-state index contributed by atoms with van der Waals surface area (Å²) >= 11 is 3.36. The Labute approximate surface area is 115 Å². The van der Waals surface area contributed by atoms with Gasteiger partial charge in [0.05, 0.1) is 11.8 Å². The van der Waals surface area contributed by atoms with E-state index in [0.717, 1.165) is 37.2 Å². The first-order valence-corrected chi connectivity index (χ1v) is 7.32. The molecule has 98 valence electrons. The highest BCUT2D eigenvalue weighted by Gasteiger charge is 2.30. The minimum absolute atomic E-state index is 0.131. The SMILES string of the molecule is O=C(c1ccncc1F)N(CCCBr)C1CCC1. The lowest BCUT2D eigenvalue weighted by Crippen LogP contribution is -2.45. The maximum Gasteiger partial charge on any atom is 0.257 e. The van der Waals surface area contributed by atoms with Crippen LogP contribution in [0.3, 0.4) is 0 Å². The maximum absolute atomic E-state index is 13.6. The zero-order valence-corrected chi connectivity index (χ0v) is 11.7. The Morgan fingerprint density at radius 2 is 2.33 bits per heavy atom. The molecule has 0 N–H and O–H groups in total. The minimum atomic E-state index is -0.536. The van der Waals surface area contributed by atoms with Gasteiger partial charge < -0.3 is 4.90 Å². The van der Waals surface area contributed by atoms with Gasteiger partial charge in [-0.2, -0.15) is 0 Å². The Morgan fingerprint density at radius 1 is 1.56 bits per heavy atom. The van der Waals surface area contributed by atoms with Crippen molar-refractivity contribution < 1.29 is 9.18 Å². The first-order valence-electron chi connectivity index (χ1n) is 6.20. The summed E-state index contributed by atoms with van der Waals surface area (Å²) in [6.07, 6.45) is 6.65. The second-order valence-electron chi connectivity index (χ2n) is 4.48. The fourth-order valence-electron chi connectivity index (χ4n) is 2.08. The van der Waals surface area contributed by atoms with E-state index in [-0.39, 0.29) is 17.5 Å². The zero-order chi connectivity index (χ0) is 13.0. The molecule has 5 heteroatoms. The monoisotopic (exact) mass is 314 g/mol. The molecule has 3 nitrogen and oxygen atoms in total. The molecular formula is C13H16BrFN2O. The second kappa shape index (κ2) is 6.27. The van der Waals surface area contributed by atoms with Crippen molar-refractivity contribution in [2.75, 3.05) is 11.9 Å². The molecule has 1 aliphatic carbocycles. The quantitative estimate of drug-likeness (QED) is 0.783. The van der Waals surface area contributed by atoms with Crippen molar-refractivity contribution >= 4 is 21.8 Å². The standard InChI is InChI=1S/C13H16BrFN2O/c14-6-2-8-17(10-3-1-4-10)13(18)11-5-7-16-9-12(11)15/h5,7,9-10H,1-4,6,8H2. The van der Waals surface area contributed by atoms with E-state index in [1.807, 2.05) is 4.90 Å². The largest absolute Gasteiger partial charge is 0.336 e. The number of rotatable bonds is 5. The van der Waals surface area contributed by atoms with Crippen LogP contribution in [-0.4, -0.2) is 33.7 Å². The average Bonchev–Trinajstić information content (AvgIpc) is 2.32. The van der Waals surface area contributed by atoms with Crippen LogP contribution in [0.2, 0.25) is 0 Å². The summed E-state index contributed by atoms with van der Waals surface area (Å²) < 4.78 is 13.6. The first kappa shape index (κ1) is 13.5. The molecule has 0 aliphatic heterocycles. The van der Waals surface area contributed by atoms with Crippen LogP contribution in [0.1, 0.15) is 36.0 Å². The van der Waals surface area contributed by atoms with E-state index < -0.39 is 5.82 Å². The van der Waals surface area contributed by atoms with Crippen molar-refractivity contribution in [2.45, 2.75) is 31.7 Å². The fraction of sp³-hybridized carbons (Fsp3) is 0.538. The highest BCUT2D eigenvalue weighted by molar-refractivity contribution is 9.09. The number of pyridine rings is 1. The Bertz CT molecular complexity index is 423. The van der Waals surface area contributed by atoms with Crippen LogP contribution in [0.4, 0.5) is 4.39 Å². The minimum Gasteiger partial charge on any atom is -0.336 e. The third-order valence-corrected chi connectivity index (χ3v) is 3.87. The first-order chi connectivity index (χ1) is 8.74. The van der Waals surface area contributed by atoms with Crippen molar-refractivity contribution in [1.29, 1.82) is 0 Å². The molecular weight excluding hydrogens is 299 g/mol. The molecule has 1 aromatic rings. The third kappa shape index (κ3) is 2.88. The van der Waals surface area contributed by atoms with Crippen LogP contribution < -0.4 is 0 Å². The van der Waals surface area contributed by atoms with Gasteiger partial charge in [-0.25, -0.2) is 4.39 Å². The predicted molar refractivity (Wildman–Crippen MR) is 71.3 cm³/mol. The van der Waals surface area contributed by atoms with Crippen molar-refractivity contribution in [3.05, 3.63) is 29.8 Å². The lowest BCUT2D eigenvalue weighted by molar-refractivity contribution is 0.0576. The summed E-state index contributed by atoms with van der Waals surface area (Å²) in [5, 5.41) is 0.850. The summed E-state index contributed by atoms with van der Waals surface area (Å²) in [6.45, 7) is 0.677. The van der Waals surface area contributed by atoms with Gasteiger partial charge in [0.15, 0.2) is 5.82 Å². The normalized spacial score (nSPS) is 15.2. The Morgan fingerprint density at radius 3 is 2.89 bits per heavy atom. The number of alkyl halides is 1. The molecule has 1 aromatic heterocycles. The molecule has 1 aliphatic rings. The number of carbonyl (C=O) groups is 1. The van der Waals surface area contributed by atoms with Crippen LogP contribution in [0.15, 0.2) is 18.5 Å². The average molecular weight is 315 g/mol. The lowest BCUT2D eigenvalue weighted by atomic mass is 9.91. The van der Waals surface area contributed by atoms with E-state index >= 15 is 0 Å². The van der Waals surface area contributed by atoms with Gasteiger partial charge in [0.25, 0.3) is 5.91 Å². The zero-order valence-electron chi connectivity index (χ0n) is 10.1. The molecule has 0 aromatic carbocycles. The molecule has 1 saturated carbocycles. The molecule has 1 heterocycles. The van der Waals surface area contributed by atoms with Crippen molar-refractivity contribution in [3.8, 4) is 0 Å². The number of hydrogen-bond acceptors (Lipinski definition) is 2. The molecule has 1 fully saturated rings. The van der Waals surface area contributed by atoms with Gasteiger partial charge in [-0.1, -0.05) is 15.9 Å². The summed E-state index contributed by atoms with van der Waals surface area (Å²) in [5.41, 5.74) is 0.131. The number of hydrogen-bond donors (Lipinski definition) is 0. The van der Waals surface area contributed by atoms with Crippen LogP contribution in [0.5, 0.6) is 0 Å². The fourth-order valence-corrected chi connectivity index (χ4v) is 2.33. The highest BCUT2D eigenvalue weighted by atomic mass is 79.9. The smallest absolute Gasteiger partial charge is 0.257 e. The number of amides is 1. The molecule has 0 bridgehead atoms. The molecule has 0 saturated heterocycles. The number of nitrogens with zero attached hydrogens (tertiary/aromatic N) is 2. The summed E-state index contributed by atoms with van der Waals surface area (Å²) in [6, 6.07) is 1.74. The van der Waals surface area contributed by atoms with E-state index in [9.17, 15) is 9.18 Å². The molecule has 2 rings (SSSR count). The van der Waals surface area contributed by atoms with Crippen LogP contribution in [-0.2, 0) is 0 Å². The topological polar surface area (TPSA) is 33.2 Å². The molecule has 0 atom stereocenters. The van der Waals surface area contributed by atoms with E-state index in [4.69, 9.17) is 0 Å². The maximum atomic E-state index is 13.6. The Hall–Kier alpha value is -0.970. The van der Waals surface area contributed by atoms with Gasteiger partial charge in [0, 0.05) is 24.1 Å². The van der Waals surface area contributed by atoms with E-state index in [2.05, 4.69) is 20.9 Å². The second-order valence-corrected chi connectivity index (χ2v) is 5.27. The molecule has 18 heavy (non-hydrogen) atoms. The molecule has 0 spiro atoms. The van der Waals surface area contributed by atoms with E-state index in [0.29, 0.717) is 6.54 Å². The summed E-state index contributed by atoms with van der Waals surface area (Å²) in [5.74, 6) is -0.744. The number of carbonyl (C=O) groups excluding carboxylic acids is 1. The third-order valence-electron chi connectivity index (χ3n) is 3.31. The van der Waals surface area contributed by atoms with Crippen molar-refractivity contribution in [1.82, 2.24) is 9.88 Å². The van der Waals surface area contributed by atoms with Gasteiger partial charge in [-0.3, -0.25) is 9.78 Å². The molecule has 0 unspecified atom stereocenters. The van der Waals surface area contributed by atoms with Gasteiger partial charge in [0.1, 0.15) is 0 Å². The molecule has 0 radical (unpaired) electrons. The van der Waals surface area contributed by atoms with E-state index in [1.54, 1.807) is 0 Å². The van der Waals surface area contributed by atoms with E-state index in [1.165, 1.54) is 12.3 Å². The van der Waals surface area contributed by atoms with Gasteiger partial charge in [-0.15, -0.1) is 0 Å². The Kier molecular flexibility index (Phi) is 4.69. The number of aromatic nitrogens is 1. The van der Waals surface area contributed by atoms with Gasteiger partial charge in [0.2, 0.25) is 0 Å². The van der Waals surface area contributed by atoms with Crippen LogP contribution in [0.25, 0.3) is 0 Å². The highest BCUT2D eigenvalue weighted by Crippen LogP contribution is 2.26.